The standard InChI is InChI=1S/C34H36N2O3/c1-25-20-26(2)22-31(21-25)39-24-30-23-29(14-15-32(30)38-3)34(37)36-18-16-35(17-19-36)33(27-10-6-4-7-11-27)28-12-8-5-9-13-28/h4-15,20-23,33H,16-19,24H2,1-3H3. The topological polar surface area (TPSA) is 42.0 Å². The number of rotatable bonds is 8. The minimum absolute atomic E-state index is 0.0425. The Morgan fingerprint density at radius 3 is 1.92 bits per heavy atom. The zero-order valence-electron chi connectivity index (χ0n) is 23.0. The van der Waals surface area contributed by atoms with Gasteiger partial charge in [0.15, 0.2) is 0 Å². The summed E-state index contributed by atoms with van der Waals surface area (Å²) in [7, 11) is 1.65. The smallest absolute Gasteiger partial charge is 0.253 e. The van der Waals surface area contributed by atoms with Crippen LogP contribution < -0.4 is 9.47 Å². The summed E-state index contributed by atoms with van der Waals surface area (Å²) in [5, 5.41) is 0. The number of nitrogens with zero attached hydrogens (tertiary/aromatic N) is 2. The van der Waals surface area contributed by atoms with Gasteiger partial charge in [0.25, 0.3) is 5.91 Å². The van der Waals surface area contributed by atoms with Crippen LogP contribution in [0.4, 0.5) is 0 Å². The molecule has 5 nitrogen and oxygen atoms in total. The van der Waals surface area contributed by atoms with Gasteiger partial charge in [-0.15, -0.1) is 0 Å². The number of piperazine rings is 1. The Hall–Kier alpha value is -4.09. The zero-order chi connectivity index (χ0) is 27.2. The molecule has 0 aromatic heterocycles. The van der Waals surface area contributed by atoms with E-state index in [0.717, 1.165) is 35.5 Å². The van der Waals surface area contributed by atoms with E-state index in [1.807, 2.05) is 35.2 Å². The molecule has 1 aliphatic rings. The summed E-state index contributed by atoms with van der Waals surface area (Å²) in [5.74, 6) is 1.57. The van der Waals surface area contributed by atoms with Gasteiger partial charge in [-0.25, -0.2) is 0 Å². The third kappa shape index (κ3) is 6.32. The SMILES string of the molecule is COc1ccc(C(=O)N2CCN(C(c3ccccc3)c3ccccc3)CC2)cc1COc1cc(C)cc(C)c1. The van der Waals surface area contributed by atoms with E-state index in [9.17, 15) is 4.79 Å². The second-order valence-corrected chi connectivity index (χ2v) is 10.2. The van der Waals surface area contributed by atoms with Crippen LogP contribution in [0.2, 0.25) is 0 Å². The predicted octanol–water partition coefficient (Wildman–Crippen LogP) is 6.44. The van der Waals surface area contributed by atoms with Gasteiger partial charge < -0.3 is 14.4 Å². The molecule has 0 radical (unpaired) electrons. The van der Waals surface area contributed by atoms with E-state index in [-0.39, 0.29) is 11.9 Å². The second kappa shape index (κ2) is 12.2. The Morgan fingerprint density at radius 2 is 1.36 bits per heavy atom. The van der Waals surface area contributed by atoms with Crippen LogP contribution in [0.3, 0.4) is 0 Å². The molecule has 0 unspecified atom stereocenters. The fraction of sp³-hybridized carbons (Fsp3) is 0.265. The summed E-state index contributed by atoms with van der Waals surface area (Å²) in [4.78, 5) is 18.0. The van der Waals surface area contributed by atoms with Crippen molar-refractivity contribution >= 4 is 5.91 Å². The van der Waals surface area contributed by atoms with E-state index in [1.165, 1.54) is 11.1 Å². The first kappa shape index (κ1) is 26.5. The maximum Gasteiger partial charge on any atom is 0.253 e. The molecule has 0 aliphatic carbocycles. The van der Waals surface area contributed by atoms with E-state index in [1.54, 1.807) is 7.11 Å². The van der Waals surface area contributed by atoms with Crippen molar-refractivity contribution in [3.05, 3.63) is 130 Å². The highest BCUT2D eigenvalue weighted by Gasteiger charge is 2.28. The van der Waals surface area contributed by atoms with Crippen molar-refractivity contribution in [2.24, 2.45) is 0 Å². The largest absolute Gasteiger partial charge is 0.496 e. The lowest BCUT2D eigenvalue weighted by Crippen LogP contribution is -2.49. The van der Waals surface area contributed by atoms with Crippen molar-refractivity contribution in [1.29, 1.82) is 0 Å². The van der Waals surface area contributed by atoms with Crippen molar-refractivity contribution in [2.75, 3.05) is 33.3 Å². The van der Waals surface area contributed by atoms with Crippen molar-refractivity contribution in [3.63, 3.8) is 0 Å². The fourth-order valence-corrected chi connectivity index (χ4v) is 5.45. The number of benzene rings is 4. The van der Waals surface area contributed by atoms with Gasteiger partial charge in [-0.1, -0.05) is 66.7 Å². The molecule has 5 rings (SSSR count). The molecule has 0 spiro atoms. The number of carbonyl (C=O) groups excluding carboxylic acids is 1. The maximum atomic E-state index is 13.6. The van der Waals surface area contributed by atoms with E-state index in [2.05, 4.69) is 85.5 Å². The van der Waals surface area contributed by atoms with E-state index in [0.29, 0.717) is 31.0 Å². The van der Waals surface area contributed by atoms with Gasteiger partial charge in [-0.3, -0.25) is 9.69 Å². The van der Waals surface area contributed by atoms with Crippen molar-refractivity contribution in [2.45, 2.75) is 26.5 Å². The van der Waals surface area contributed by atoms with Crippen LogP contribution >= 0.6 is 0 Å². The van der Waals surface area contributed by atoms with Crippen LogP contribution in [-0.2, 0) is 6.61 Å². The fourth-order valence-electron chi connectivity index (χ4n) is 5.45. The molecular weight excluding hydrogens is 484 g/mol. The highest BCUT2D eigenvalue weighted by Crippen LogP contribution is 2.30. The molecule has 5 heteroatoms. The third-order valence-electron chi connectivity index (χ3n) is 7.31. The maximum absolute atomic E-state index is 13.6. The van der Waals surface area contributed by atoms with Gasteiger partial charge in [-0.2, -0.15) is 0 Å². The van der Waals surface area contributed by atoms with Crippen LogP contribution in [0.5, 0.6) is 11.5 Å². The minimum Gasteiger partial charge on any atom is -0.496 e. The lowest BCUT2D eigenvalue weighted by Gasteiger charge is -2.40. The van der Waals surface area contributed by atoms with E-state index in [4.69, 9.17) is 9.47 Å². The molecule has 1 amide bonds. The average Bonchev–Trinajstić information content (AvgIpc) is 2.97. The first-order chi connectivity index (χ1) is 19.0. The second-order valence-electron chi connectivity index (χ2n) is 10.2. The van der Waals surface area contributed by atoms with Gasteiger partial charge >= 0.3 is 0 Å². The molecule has 0 bridgehead atoms. The first-order valence-electron chi connectivity index (χ1n) is 13.5. The molecule has 4 aromatic carbocycles. The van der Waals surface area contributed by atoms with Gasteiger partial charge in [0.2, 0.25) is 0 Å². The van der Waals surface area contributed by atoms with Crippen LogP contribution in [-0.4, -0.2) is 49.0 Å². The number of ether oxygens (including phenoxy) is 2. The summed E-state index contributed by atoms with van der Waals surface area (Å²) < 4.78 is 11.7. The Bertz CT molecular complexity index is 1340. The molecule has 1 fully saturated rings. The van der Waals surface area contributed by atoms with Gasteiger partial charge in [0.1, 0.15) is 18.1 Å². The average molecular weight is 521 g/mol. The van der Waals surface area contributed by atoms with Crippen LogP contribution in [0, 0.1) is 13.8 Å². The van der Waals surface area contributed by atoms with Crippen LogP contribution in [0.25, 0.3) is 0 Å². The Balaban J connectivity index is 1.28. The number of hydrogen-bond acceptors (Lipinski definition) is 4. The summed E-state index contributed by atoms with van der Waals surface area (Å²) in [5.41, 5.74) is 6.36. The normalized spacial score (nSPS) is 13.9. The predicted molar refractivity (Wildman–Crippen MR) is 155 cm³/mol. The number of hydrogen-bond donors (Lipinski definition) is 0. The molecular formula is C34H36N2O3. The number of aryl methyl sites for hydroxylation is 2. The monoisotopic (exact) mass is 520 g/mol. The van der Waals surface area contributed by atoms with Crippen molar-refractivity contribution < 1.29 is 14.3 Å². The quantitative estimate of drug-likeness (QED) is 0.268. The number of methoxy groups -OCH3 is 1. The van der Waals surface area contributed by atoms with Gasteiger partial charge in [0.05, 0.1) is 13.2 Å². The summed E-state index contributed by atoms with van der Waals surface area (Å²) in [6.45, 7) is 7.41. The van der Waals surface area contributed by atoms with Crippen molar-refractivity contribution in [1.82, 2.24) is 9.80 Å². The summed E-state index contributed by atoms with van der Waals surface area (Å²) in [6, 6.07) is 33.2. The number of carbonyl (C=O) groups is 1. The molecule has 1 saturated heterocycles. The molecule has 200 valence electrons. The molecule has 0 atom stereocenters. The molecule has 1 heterocycles. The van der Waals surface area contributed by atoms with Crippen LogP contribution in [0.15, 0.2) is 97.1 Å². The lowest BCUT2D eigenvalue weighted by molar-refractivity contribution is 0.0597. The highest BCUT2D eigenvalue weighted by molar-refractivity contribution is 5.94. The molecule has 0 saturated carbocycles. The number of amides is 1. The molecule has 0 N–H and O–H groups in total. The molecule has 4 aromatic rings. The Kier molecular flexibility index (Phi) is 8.28. The van der Waals surface area contributed by atoms with Crippen LogP contribution in [0.1, 0.15) is 44.2 Å². The highest BCUT2D eigenvalue weighted by atomic mass is 16.5. The molecule has 1 aliphatic heterocycles. The Morgan fingerprint density at radius 1 is 0.769 bits per heavy atom. The third-order valence-corrected chi connectivity index (χ3v) is 7.31. The zero-order valence-corrected chi connectivity index (χ0v) is 23.0. The van der Waals surface area contributed by atoms with E-state index < -0.39 is 0 Å². The Labute approximate surface area is 231 Å². The van der Waals surface area contributed by atoms with Gasteiger partial charge in [-0.05, 0) is 66.4 Å². The summed E-state index contributed by atoms with van der Waals surface area (Å²) in [6.07, 6.45) is 0. The summed E-state index contributed by atoms with van der Waals surface area (Å²) >= 11 is 0. The lowest BCUT2D eigenvalue weighted by atomic mass is 9.96. The van der Waals surface area contributed by atoms with Gasteiger partial charge in [0, 0.05) is 37.3 Å². The first-order valence-corrected chi connectivity index (χ1v) is 13.5. The van der Waals surface area contributed by atoms with Crippen molar-refractivity contribution in [3.8, 4) is 11.5 Å². The molecule has 39 heavy (non-hydrogen) atoms. The van der Waals surface area contributed by atoms with E-state index >= 15 is 0 Å². The minimum atomic E-state index is 0.0425.